The molecular weight excluding hydrogens is 322 g/mol. The van der Waals surface area contributed by atoms with E-state index in [9.17, 15) is 4.79 Å². The van der Waals surface area contributed by atoms with Crippen molar-refractivity contribution in [3.05, 3.63) is 41.5 Å². The summed E-state index contributed by atoms with van der Waals surface area (Å²) in [5, 5.41) is 0. The van der Waals surface area contributed by atoms with Crippen molar-refractivity contribution in [1.29, 1.82) is 0 Å². The maximum Gasteiger partial charge on any atom is 0.410 e. The lowest BCUT2D eigenvalue weighted by Crippen LogP contribution is -2.39. The molecule has 24 heavy (non-hydrogen) atoms. The number of rotatable bonds is 2. The molecular formula is C18H21N3O2S. The van der Waals surface area contributed by atoms with Gasteiger partial charge in [-0.05, 0) is 51.0 Å². The van der Waals surface area contributed by atoms with E-state index in [1.807, 2.05) is 26.8 Å². The lowest BCUT2D eigenvalue weighted by atomic mass is 10.1. The highest BCUT2D eigenvalue weighted by Crippen LogP contribution is 2.32. The Bertz CT molecular complexity index is 747. The molecule has 3 heterocycles. The second kappa shape index (κ2) is 6.73. The van der Waals surface area contributed by atoms with E-state index in [0.717, 1.165) is 17.1 Å². The third-order valence-corrected chi connectivity index (χ3v) is 4.73. The molecule has 5 nitrogen and oxygen atoms in total. The molecule has 3 rings (SSSR count). The van der Waals surface area contributed by atoms with Gasteiger partial charge in [-0.1, -0.05) is 6.08 Å². The standard InChI is InChI=1S/C18H21N3O2S/c1-18(2,3)23-17(22)21-11-7-13(8-12-21)14-5-6-15(24-14)16-19-9-4-10-20-16/h4-7,9-10H,8,11-12H2,1-3H3. The van der Waals surface area contributed by atoms with Crippen LogP contribution in [0.25, 0.3) is 16.3 Å². The molecule has 0 N–H and O–H groups in total. The number of thiophene rings is 1. The molecule has 126 valence electrons. The molecule has 2 aromatic rings. The molecule has 0 aliphatic carbocycles. The van der Waals surface area contributed by atoms with Gasteiger partial charge in [0.2, 0.25) is 0 Å². The number of carbonyl (C=O) groups is 1. The first-order valence-corrected chi connectivity index (χ1v) is 8.78. The lowest BCUT2D eigenvalue weighted by molar-refractivity contribution is 0.0270. The summed E-state index contributed by atoms with van der Waals surface area (Å²) in [6.07, 6.45) is 6.19. The second-order valence-electron chi connectivity index (χ2n) is 6.64. The summed E-state index contributed by atoms with van der Waals surface area (Å²) in [4.78, 5) is 24.7. The SMILES string of the molecule is CC(C)(C)OC(=O)N1CC=C(c2ccc(-c3ncccn3)s2)CC1. The third kappa shape index (κ3) is 4.00. The first-order valence-electron chi connectivity index (χ1n) is 7.97. The molecule has 0 bridgehead atoms. The fraction of sp³-hybridized carbons (Fsp3) is 0.389. The van der Waals surface area contributed by atoms with Crippen LogP contribution in [0.2, 0.25) is 0 Å². The Morgan fingerprint density at radius 2 is 1.92 bits per heavy atom. The first-order chi connectivity index (χ1) is 11.4. The zero-order valence-electron chi connectivity index (χ0n) is 14.2. The summed E-state index contributed by atoms with van der Waals surface area (Å²) < 4.78 is 5.42. The van der Waals surface area contributed by atoms with Crippen molar-refractivity contribution in [2.45, 2.75) is 32.8 Å². The van der Waals surface area contributed by atoms with Crippen LogP contribution in [0.15, 0.2) is 36.7 Å². The molecule has 1 aliphatic rings. The van der Waals surface area contributed by atoms with Gasteiger partial charge in [0.05, 0.1) is 4.88 Å². The number of hydrogen-bond donors (Lipinski definition) is 0. The van der Waals surface area contributed by atoms with Gasteiger partial charge in [0, 0.05) is 30.4 Å². The normalized spacial score (nSPS) is 15.1. The van der Waals surface area contributed by atoms with Crippen LogP contribution in [0.3, 0.4) is 0 Å². The first kappa shape index (κ1) is 16.6. The molecule has 0 saturated carbocycles. The van der Waals surface area contributed by atoms with Crippen LogP contribution in [0.5, 0.6) is 0 Å². The summed E-state index contributed by atoms with van der Waals surface area (Å²) >= 11 is 1.68. The number of carbonyl (C=O) groups excluding carboxylic acids is 1. The zero-order valence-corrected chi connectivity index (χ0v) is 15.0. The number of hydrogen-bond acceptors (Lipinski definition) is 5. The Hall–Kier alpha value is -2.21. The predicted molar refractivity (Wildman–Crippen MR) is 95.7 cm³/mol. The Kier molecular flexibility index (Phi) is 4.66. The Morgan fingerprint density at radius 1 is 1.21 bits per heavy atom. The Morgan fingerprint density at radius 3 is 2.54 bits per heavy atom. The van der Waals surface area contributed by atoms with Crippen molar-refractivity contribution in [2.24, 2.45) is 0 Å². The number of amides is 1. The van der Waals surface area contributed by atoms with E-state index in [1.54, 1.807) is 28.6 Å². The van der Waals surface area contributed by atoms with Crippen LogP contribution in [-0.4, -0.2) is 39.7 Å². The summed E-state index contributed by atoms with van der Waals surface area (Å²) in [6.45, 7) is 6.91. The monoisotopic (exact) mass is 343 g/mol. The molecule has 1 aliphatic heterocycles. The summed E-state index contributed by atoms with van der Waals surface area (Å²) in [7, 11) is 0. The van der Waals surface area contributed by atoms with E-state index < -0.39 is 5.60 Å². The Labute approximate surface area is 146 Å². The van der Waals surface area contributed by atoms with Gasteiger partial charge in [-0.2, -0.15) is 0 Å². The van der Waals surface area contributed by atoms with Crippen LogP contribution in [0.4, 0.5) is 4.79 Å². The van der Waals surface area contributed by atoms with Crippen molar-refractivity contribution in [3.8, 4) is 10.7 Å². The highest BCUT2D eigenvalue weighted by molar-refractivity contribution is 7.16. The van der Waals surface area contributed by atoms with E-state index in [2.05, 4.69) is 28.2 Å². The average molecular weight is 343 g/mol. The highest BCUT2D eigenvalue weighted by Gasteiger charge is 2.24. The zero-order chi connectivity index (χ0) is 17.2. The Balaban J connectivity index is 1.68. The maximum atomic E-state index is 12.1. The average Bonchev–Trinajstić information content (AvgIpc) is 3.04. The van der Waals surface area contributed by atoms with Crippen LogP contribution in [0, 0.1) is 0 Å². The van der Waals surface area contributed by atoms with Gasteiger partial charge in [0.25, 0.3) is 0 Å². The molecule has 1 amide bonds. The molecule has 0 fully saturated rings. The number of nitrogens with zero attached hydrogens (tertiary/aromatic N) is 3. The van der Waals surface area contributed by atoms with Gasteiger partial charge in [-0.3, -0.25) is 0 Å². The fourth-order valence-electron chi connectivity index (χ4n) is 2.44. The smallest absolute Gasteiger partial charge is 0.410 e. The molecule has 0 radical (unpaired) electrons. The maximum absolute atomic E-state index is 12.1. The van der Waals surface area contributed by atoms with Crippen molar-refractivity contribution < 1.29 is 9.53 Å². The van der Waals surface area contributed by atoms with Gasteiger partial charge >= 0.3 is 6.09 Å². The number of aromatic nitrogens is 2. The third-order valence-electron chi connectivity index (χ3n) is 3.57. The molecule has 0 saturated heterocycles. The second-order valence-corrected chi connectivity index (χ2v) is 7.73. The van der Waals surface area contributed by atoms with Crippen molar-refractivity contribution in [1.82, 2.24) is 14.9 Å². The van der Waals surface area contributed by atoms with Gasteiger partial charge < -0.3 is 9.64 Å². The summed E-state index contributed by atoms with van der Waals surface area (Å²) in [6, 6.07) is 5.97. The van der Waals surface area contributed by atoms with E-state index in [0.29, 0.717) is 13.1 Å². The van der Waals surface area contributed by atoms with Crippen LogP contribution >= 0.6 is 11.3 Å². The van der Waals surface area contributed by atoms with Crippen LogP contribution in [0.1, 0.15) is 32.1 Å². The molecule has 0 atom stereocenters. The van der Waals surface area contributed by atoms with Crippen molar-refractivity contribution >= 4 is 23.0 Å². The van der Waals surface area contributed by atoms with E-state index >= 15 is 0 Å². The van der Waals surface area contributed by atoms with Gasteiger partial charge in [-0.15, -0.1) is 11.3 Å². The minimum absolute atomic E-state index is 0.248. The van der Waals surface area contributed by atoms with Gasteiger partial charge in [0.1, 0.15) is 5.60 Å². The molecule has 2 aromatic heterocycles. The number of ether oxygens (including phenoxy) is 1. The van der Waals surface area contributed by atoms with Crippen LogP contribution < -0.4 is 0 Å². The fourth-order valence-corrected chi connectivity index (χ4v) is 3.46. The molecule has 6 heteroatoms. The van der Waals surface area contributed by atoms with Gasteiger partial charge in [-0.25, -0.2) is 14.8 Å². The minimum Gasteiger partial charge on any atom is -0.444 e. The van der Waals surface area contributed by atoms with E-state index in [1.165, 1.54) is 10.5 Å². The summed E-state index contributed by atoms with van der Waals surface area (Å²) in [5.74, 6) is 0.751. The predicted octanol–water partition coefficient (Wildman–Crippen LogP) is 4.23. The molecule has 0 aromatic carbocycles. The molecule has 0 unspecified atom stereocenters. The van der Waals surface area contributed by atoms with Gasteiger partial charge in [0.15, 0.2) is 5.82 Å². The largest absolute Gasteiger partial charge is 0.444 e. The minimum atomic E-state index is -0.459. The van der Waals surface area contributed by atoms with E-state index in [-0.39, 0.29) is 6.09 Å². The quantitative estimate of drug-likeness (QED) is 0.819. The van der Waals surface area contributed by atoms with Crippen molar-refractivity contribution in [2.75, 3.05) is 13.1 Å². The van der Waals surface area contributed by atoms with Crippen molar-refractivity contribution in [3.63, 3.8) is 0 Å². The lowest BCUT2D eigenvalue weighted by Gasteiger charge is -2.29. The van der Waals surface area contributed by atoms with Crippen LogP contribution in [-0.2, 0) is 4.74 Å². The van der Waals surface area contributed by atoms with E-state index in [4.69, 9.17) is 4.74 Å². The topological polar surface area (TPSA) is 55.3 Å². The highest BCUT2D eigenvalue weighted by atomic mass is 32.1. The molecule has 0 spiro atoms. The summed E-state index contributed by atoms with van der Waals surface area (Å²) in [5.41, 5.74) is 0.807.